The molecule has 1 unspecified atom stereocenters. The molecule has 1 heterocycles. The fourth-order valence-corrected chi connectivity index (χ4v) is 4.80. The van der Waals surface area contributed by atoms with Gasteiger partial charge in [-0.1, -0.05) is 43.5 Å². The van der Waals surface area contributed by atoms with Crippen LogP contribution in [0.2, 0.25) is 0 Å². The van der Waals surface area contributed by atoms with Gasteiger partial charge in [0.1, 0.15) is 17.6 Å². The predicted molar refractivity (Wildman–Crippen MR) is 131 cm³/mol. The minimum absolute atomic E-state index is 0.00488. The number of ether oxygens (including phenoxy) is 1. The minimum atomic E-state index is -0.971. The van der Waals surface area contributed by atoms with Crippen LogP contribution in [0.3, 0.4) is 0 Å². The van der Waals surface area contributed by atoms with E-state index in [9.17, 15) is 14.0 Å². The quantitative estimate of drug-likeness (QED) is 0.485. The number of methoxy groups -OCH3 is 1. The van der Waals surface area contributed by atoms with Gasteiger partial charge in [0, 0.05) is 12.6 Å². The number of anilines is 1. The molecule has 1 aliphatic carbocycles. The van der Waals surface area contributed by atoms with E-state index in [-0.39, 0.29) is 35.8 Å². The molecule has 4 rings (SSSR count). The smallest absolute Gasteiger partial charge is 0.278 e. The lowest BCUT2D eigenvalue weighted by molar-refractivity contribution is -0.127. The maximum Gasteiger partial charge on any atom is 0.278 e. The largest absolute Gasteiger partial charge is 0.497 e. The van der Waals surface area contributed by atoms with Gasteiger partial charge in [-0.25, -0.2) is 4.39 Å². The van der Waals surface area contributed by atoms with Gasteiger partial charge in [-0.2, -0.15) is 8.75 Å². The first kappa shape index (κ1) is 24.6. The van der Waals surface area contributed by atoms with Crippen molar-refractivity contribution in [3.8, 4) is 5.75 Å². The second-order valence-corrected chi connectivity index (χ2v) is 9.11. The molecule has 1 fully saturated rings. The Hall–Kier alpha value is -3.53. The van der Waals surface area contributed by atoms with Crippen molar-refractivity contribution in [3.05, 3.63) is 71.2 Å². The molecule has 2 aromatic carbocycles. The van der Waals surface area contributed by atoms with Crippen LogP contribution < -0.4 is 15.8 Å². The molecule has 1 aromatic heterocycles. The standard InChI is InChI=1S/C25H28FN5O3S/c1-34-20-13-9-17(10-14-20)22(24(32)28-19-5-3-2-4-6-19)31(15-16-7-11-18(26)12-8-16)25(33)21-23(27)30-35-29-21/h7-14,19,22H,2-6,15H2,1H3,(H2,27,30)(H,28,32). The molecule has 3 aromatic rings. The Morgan fingerprint density at radius 1 is 1.11 bits per heavy atom. The molecule has 10 heteroatoms. The molecule has 0 spiro atoms. The Morgan fingerprint density at radius 2 is 1.80 bits per heavy atom. The number of amides is 2. The number of nitrogen functional groups attached to an aromatic ring is 1. The number of carbonyl (C=O) groups excluding carboxylic acids is 2. The summed E-state index contributed by atoms with van der Waals surface area (Å²) < 4.78 is 26.8. The Labute approximate surface area is 207 Å². The van der Waals surface area contributed by atoms with Crippen molar-refractivity contribution in [2.75, 3.05) is 12.8 Å². The number of nitrogens with one attached hydrogen (secondary N) is 1. The molecule has 8 nitrogen and oxygen atoms in total. The average molecular weight is 498 g/mol. The Morgan fingerprint density at radius 3 is 2.40 bits per heavy atom. The number of carbonyl (C=O) groups is 2. The fraction of sp³-hybridized carbons (Fsp3) is 0.360. The average Bonchev–Trinajstić information content (AvgIpc) is 3.31. The number of nitrogens with two attached hydrogens (primary N) is 1. The first-order valence-electron chi connectivity index (χ1n) is 11.5. The van der Waals surface area contributed by atoms with Gasteiger partial charge in [0.05, 0.1) is 18.8 Å². The number of hydrogen-bond acceptors (Lipinski definition) is 7. The molecule has 3 N–H and O–H groups in total. The van der Waals surface area contributed by atoms with Gasteiger partial charge in [-0.15, -0.1) is 0 Å². The van der Waals surface area contributed by atoms with Crippen LogP contribution in [0.25, 0.3) is 0 Å². The molecule has 184 valence electrons. The molecule has 1 atom stereocenters. The van der Waals surface area contributed by atoms with Crippen LogP contribution in [0.4, 0.5) is 10.2 Å². The maximum absolute atomic E-state index is 13.8. The van der Waals surface area contributed by atoms with Crippen molar-refractivity contribution < 1.29 is 18.7 Å². The molecule has 0 aliphatic heterocycles. The van der Waals surface area contributed by atoms with E-state index in [0.717, 1.165) is 43.8 Å². The molecule has 0 bridgehead atoms. The van der Waals surface area contributed by atoms with Crippen LogP contribution in [0.15, 0.2) is 48.5 Å². The van der Waals surface area contributed by atoms with E-state index in [1.807, 2.05) is 0 Å². The Balaban J connectivity index is 1.74. The van der Waals surface area contributed by atoms with Crippen LogP contribution in [0, 0.1) is 5.82 Å². The van der Waals surface area contributed by atoms with E-state index in [1.54, 1.807) is 43.5 Å². The first-order valence-corrected chi connectivity index (χ1v) is 12.3. The van der Waals surface area contributed by atoms with Crippen LogP contribution in [0.5, 0.6) is 5.75 Å². The molecule has 0 saturated heterocycles. The van der Waals surface area contributed by atoms with Crippen molar-refractivity contribution in [3.63, 3.8) is 0 Å². The number of benzene rings is 2. The zero-order valence-electron chi connectivity index (χ0n) is 19.4. The van der Waals surface area contributed by atoms with E-state index in [4.69, 9.17) is 10.5 Å². The van der Waals surface area contributed by atoms with Gasteiger partial charge in [0.25, 0.3) is 5.91 Å². The highest BCUT2D eigenvalue weighted by molar-refractivity contribution is 6.99. The van der Waals surface area contributed by atoms with Crippen molar-refractivity contribution in [1.29, 1.82) is 0 Å². The lowest BCUT2D eigenvalue weighted by atomic mass is 9.94. The predicted octanol–water partition coefficient (Wildman–Crippen LogP) is 4.10. The summed E-state index contributed by atoms with van der Waals surface area (Å²) in [5.41, 5.74) is 7.17. The van der Waals surface area contributed by atoms with E-state index in [2.05, 4.69) is 14.1 Å². The van der Waals surface area contributed by atoms with Crippen LogP contribution in [-0.2, 0) is 11.3 Å². The Bertz CT molecular complexity index is 1150. The van der Waals surface area contributed by atoms with Gasteiger partial charge >= 0.3 is 0 Å². The molecule has 1 aliphatic rings. The molecule has 35 heavy (non-hydrogen) atoms. The van der Waals surface area contributed by atoms with Gasteiger partial charge in [-0.3, -0.25) is 9.59 Å². The van der Waals surface area contributed by atoms with Gasteiger partial charge < -0.3 is 20.7 Å². The summed E-state index contributed by atoms with van der Waals surface area (Å²) >= 11 is 0.830. The molecule has 0 radical (unpaired) electrons. The topological polar surface area (TPSA) is 110 Å². The lowest BCUT2D eigenvalue weighted by Crippen LogP contribution is -2.47. The summed E-state index contributed by atoms with van der Waals surface area (Å²) in [5.74, 6) is -0.574. The van der Waals surface area contributed by atoms with Crippen LogP contribution >= 0.6 is 11.7 Å². The normalized spacial score (nSPS) is 14.8. The van der Waals surface area contributed by atoms with Crippen LogP contribution in [-0.4, -0.2) is 38.6 Å². The number of aromatic nitrogens is 2. The third kappa shape index (κ3) is 5.94. The highest BCUT2D eigenvalue weighted by Crippen LogP contribution is 2.29. The molecule has 2 amide bonds. The second kappa shape index (κ2) is 11.3. The second-order valence-electron chi connectivity index (χ2n) is 8.58. The number of rotatable bonds is 8. The van der Waals surface area contributed by atoms with E-state index in [1.165, 1.54) is 17.0 Å². The summed E-state index contributed by atoms with van der Waals surface area (Å²) in [6.07, 6.45) is 5.06. The molecular formula is C25H28FN5O3S. The third-order valence-electron chi connectivity index (χ3n) is 6.19. The fourth-order valence-electron chi connectivity index (χ4n) is 4.33. The van der Waals surface area contributed by atoms with Crippen molar-refractivity contribution in [1.82, 2.24) is 19.0 Å². The zero-order valence-corrected chi connectivity index (χ0v) is 20.3. The number of hydrogen-bond donors (Lipinski definition) is 2. The maximum atomic E-state index is 13.8. The number of halogens is 1. The van der Waals surface area contributed by atoms with Gasteiger partial charge in [-0.05, 0) is 48.2 Å². The minimum Gasteiger partial charge on any atom is -0.497 e. The highest BCUT2D eigenvalue weighted by atomic mass is 32.1. The molecular weight excluding hydrogens is 469 g/mol. The zero-order chi connectivity index (χ0) is 24.8. The highest BCUT2D eigenvalue weighted by Gasteiger charge is 2.35. The van der Waals surface area contributed by atoms with Gasteiger partial charge in [0.2, 0.25) is 5.91 Å². The van der Waals surface area contributed by atoms with Gasteiger partial charge in [0.15, 0.2) is 11.5 Å². The summed E-state index contributed by atoms with van der Waals surface area (Å²) in [4.78, 5) is 28.9. The summed E-state index contributed by atoms with van der Waals surface area (Å²) in [5, 5.41) is 3.15. The monoisotopic (exact) mass is 497 g/mol. The SMILES string of the molecule is COc1ccc(C(C(=O)NC2CCCCC2)N(Cc2ccc(F)cc2)C(=O)c2nsnc2N)cc1. The molecule has 1 saturated carbocycles. The summed E-state index contributed by atoms with van der Waals surface area (Å²) in [6, 6.07) is 11.9. The van der Waals surface area contributed by atoms with E-state index >= 15 is 0 Å². The third-order valence-corrected chi connectivity index (χ3v) is 6.73. The first-order chi connectivity index (χ1) is 17.0. The summed E-state index contributed by atoms with van der Waals surface area (Å²) in [6.45, 7) is 0.0465. The number of nitrogens with zero attached hydrogens (tertiary/aromatic N) is 3. The van der Waals surface area contributed by atoms with E-state index < -0.39 is 11.9 Å². The lowest BCUT2D eigenvalue weighted by Gasteiger charge is -2.33. The van der Waals surface area contributed by atoms with Crippen molar-refractivity contribution in [2.24, 2.45) is 0 Å². The Kier molecular flexibility index (Phi) is 7.91. The van der Waals surface area contributed by atoms with Crippen molar-refractivity contribution in [2.45, 2.75) is 50.7 Å². The van der Waals surface area contributed by atoms with Crippen LogP contribution in [0.1, 0.15) is 59.8 Å². The summed E-state index contributed by atoms with van der Waals surface area (Å²) in [7, 11) is 1.56. The van der Waals surface area contributed by atoms with E-state index in [0.29, 0.717) is 16.9 Å². The van der Waals surface area contributed by atoms with Crippen molar-refractivity contribution >= 4 is 29.4 Å².